The Kier molecular flexibility index (Phi) is 4.89. The number of nitrogens with zero attached hydrogens (tertiary/aromatic N) is 2. The fraction of sp³-hybridized carbons (Fsp3) is 0.619. The summed E-state index contributed by atoms with van der Waals surface area (Å²) >= 11 is 1.54. The third kappa shape index (κ3) is 4.08. The molecule has 4 aliphatic carbocycles. The molecule has 0 aromatic carbocycles. The van der Waals surface area contributed by atoms with Crippen LogP contribution in [-0.2, 0) is 16.0 Å². The van der Waals surface area contributed by atoms with Gasteiger partial charge in [-0.25, -0.2) is 0 Å². The highest BCUT2D eigenvalue weighted by atomic mass is 32.1. The molecule has 4 bridgehead atoms. The van der Waals surface area contributed by atoms with Crippen LogP contribution >= 0.6 is 11.3 Å². The van der Waals surface area contributed by atoms with Gasteiger partial charge < -0.3 is 4.52 Å². The fourth-order valence-corrected chi connectivity index (χ4v) is 6.83. The van der Waals surface area contributed by atoms with Crippen LogP contribution in [0.2, 0.25) is 0 Å². The van der Waals surface area contributed by atoms with E-state index in [1.54, 1.807) is 0 Å². The van der Waals surface area contributed by atoms with E-state index >= 15 is 0 Å². The highest BCUT2D eigenvalue weighted by Crippen LogP contribution is 2.61. The molecular formula is C21H26N4O3S. The van der Waals surface area contributed by atoms with Gasteiger partial charge in [-0.05, 0) is 73.1 Å². The summed E-state index contributed by atoms with van der Waals surface area (Å²) in [6.07, 6.45) is 8.70. The first-order valence-corrected chi connectivity index (χ1v) is 11.4. The number of thiophene rings is 1. The van der Waals surface area contributed by atoms with Crippen LogP contribution in [0.4, 0.5) is 0 Å². The second-order valence-electron chi connectivity index (χ2n) is 9.18. The zero-order valence-electron chi connectivity index (χ0n) is 16.4. The average molecular weight is 415 g/mol. The van der Waals surface area contributed by atoms with Gasteiger partial charge in [0.1, 0.15) is 0 Å². The molecule has 4 fully saturated rings. The van der Waals surface area contributed by atoms with Gasteiger partial charge in [-0.2, -0.15) is 4.98 Å². The molecule has 6 rings (SSSR count). The summed E-state index contributed by atoms with van der Waals surface area (Å²) in [4.78, 5) is 29.8. The summed E-state index contributed by atoms with van der Waals surface area (Å²) in [7, 11) is 0. The van der Waals surface area contributed by atoms with Gasteiger partial charge in [-0.15, -0.1) is 11.3 Å². The Morgan fingerprint density at radius 2 is 1.79 bits per heavy atom. The standard InChI is InChI=1S/C21H26N4O3S/c26-17(3-4-19-22-20(25-28-19)16-2-1-5-29-16)23-24-18(27)12-21-9-13-6-14(10-21)8-15(7-13)11-21/h1-2,5,13-15H,3-4,6-12H2,(H,23,26)(H,24,27). The normalized spacial score (nSPS) is 29.7. The van der Waals surface area contributed by atoms with Crippen molar-refractivity contribution < 1.29 is 14.1 Å². The van der Waals surface area contributed by atoms with Crippen LogP contribution in [0, 0.1) is 23.2 Å². The molecule has 154 valence electrons. The zero-order valence-corrected chi connectivity index (χ0v) is 17.2. The molecule has 4 aliphatic rings. The molecule has 2 N–H and O–H groups in total. The quantitative estimate of drug-likeness (QED) is 0.705. The summed E-state index contributed by atoms with van der Waals surface area (Å²) in [6, 6.07) is 3.85. The van der Waals surface area contributed by atoms with Gasteiger partial charge in [0.25, 0.3) is 0 Å². The van der Waals surface area contributed by atoms with Gasteiger partial charge in [0, 0.05) is 19.3 Å². The van der Waals surface area contributed by atoms with E-state index in [1.807, 2.05) is 17.5 Å². The van der Waals surface area contributed by atoms with E-state index in [4.69, 9.17) is 4.52 Å². The second kappa shape index (κ2) is 7.55. The van der Waals surface area contributed by atoms with E-state index in [1.165, 1.54) is 49.9 Å². The van der Waals surface area contributed by atoms with E-state index < -0.39 is 0 Å². The SMILES string of the molecule is O=C(CCc1nc(-c2cccs2)no1)NNC(=O)CC12CC3CC(CC(C3)C1)C2. The minimum absolute atomic E-state index is 0.0712. The monoisotopic (exact) mass is 414 g/mol. The first-order valence-electron chi connectivity index (χ1n) is 10.5. The topological polar surface area (TPSA) is 97.1 Å². The molecule has 2 aromatic rings. The van der Waals surface area contributed by atoms with Crippen molar-refractivity contribution in [2.75, 3.05) is 0 Å². The number of aryl methyl sites for hydroxylation is 1. The third-order valence-electron chi connectivity index (χ3n) is 6.82. The number of hydrazine groups is 1. The van der Waals surface area contributed by atoms with E-state index in [-0.39, 0.29) is 23.7 Å². The van der Waals surface area contributed by atoms with E-state index in [9.17, 15) is 9.59 Å². The van der Waals surface area contributed by atoms with Crippen LogP contribution in [0.1, 0.15) is 57.3 Å². The van der Waals surface area contributed by atoms with Crippen molar-refractivity contribution in [2.45, 2.75) is 57.8 Å². The summed E-state index contributed by atoms with van der Waals surface area (Å²) in [5.41, 5.74) is 5.33. The lowest BCUT2D eigenvalue weighted by molar-refractivity contribution is -0.134. The van der Waals surface area contributed by atoms with Gasteiger partial charge in [0.05, 0.1) is 4.88 Å². The van der Waals surface area contributed by atoms with Gasteiger partial charge in [-0.1, -0.05) is 11.2 Å². The van der Waals surface area contributed by atoms with Gasteiger partial charge >= 0.3 is 0 Å². The van der Waals surface area contributed by atoms with E-state index in [0.29, 0.717) is 24.6 Å². The minimum Gasteiger partial charge on any atom is -0.339 e. The van der Waals surface area contributed by atoms with Crippen molar-refractivity contribution in [3.63, 3.8) is 0 Å². The maximum absolute atomic E-state index is 12.5. The van der Waals surface area contributed by atoms with Crippen LogP contribution in [-0.4, -0.2) is 22.0 Å². The first kappa shape index (κ1) is 18.8. The van der Waals surface area contributed by atoms with Crippen LogP contribution in [0.25, 0.3) is 10.7 Å². The number of nitrogens with one attached hydrogen (secondary N) is 2. The number of rotatable bonds is 6. The van der Waals surface area contributed by atoms with Crippen LogP contribution in [0.3, 0.4) is 0 Å². The molecule has 7 nitrogen and oxygen atoms in total. The van der Waals surface area contributed by atoms with Gasteiger partial charge in [0.2, 0.25) is 23.5 Å². The van der Waals surface area contributed by atoms with Crippen LogP contribution < -0.4 is 10.9 Å². The molecule has 4 saturated carbocycles. The Morgan fingerprint density at radius 3 is 2.45 bits per heavy atom. The Morgan fingerprint density at radius 1 is 1.10 bits per heavy atom. The first-order chi connectivity index (χ1) is 14.1. The Bertz CT molecular complexity index is 856. The number of carbonyl (C=O) groups is 2. The summed E-state index contributed by atoms with van der Waals surface area (Å²) in [5.74, 6) is 3.09. The van der Waals surface area contributed by atoms with E-state index in [2.05, 4.69) is 21.0 Å². The highest BCUT2D eigenvalue weighted by Gasteiger charge is 2.51. The maximum atomic E-state index is 12.5. The van der Waals surface area contributed by atoms with Crippen LogP contribution in [0.15, 0.2) is 22.0 Å². The molecule has 2 amide bonds. The lowest BCUT2D eigenvalue weighted by Gasteiger charge is -2.56. The second-order valence-corrected chi connectivity index (χ2v) is 10.1. The smallest absolute Gasteiger partial charge is 0.238 e. The molecule has 2 heterocycles. The summed E-state index contributed by atoms with van der Waals surface area (Å²) in [6.45, 7) is 0. The maximum Gasteiger partial charge on any atom is 0.238 e. The Labute approximate surface area is 173 Å². The number of amides is 2. The number of hydrogen-bond acceptors (Lipinski definition) is 6. The lowest BCUT2D eigenvalue weighted by Crippen LogP contribution is -2.50. The molecule has 0 unspecified atom stereocenters. The van der Waals surface area contributed by atoms with Gasteiger partial charge in [-0.3, -0.25) is 20.4 Å². The molecule has 0 saturated heterocycles. The van der Waals surface area contributed by atoms with Crippen molar-refractivity contribution in [3.05, 3.63) is 23.4 Å². The Hall–Kier alpha value is -2.22. The molecule has 0 radical (unpaired) electrons. The van der Waals surface area contributed by atoms with Crippen molar-refractivity contribution >= 4 is 23.2 Å². The fourth-order valence-electron chi connectivity index (χ4n) is 6.18. The molecule has 0 aliphatic heterocycles. The number of hydrogen-bond donors (Lipinski definition) is 2. The molecule has 29 heavy (non-hydrogen) atoms. The molecule has 0 spiro atoms. The highest BCUT2D eigenvalue weighted by molar-refractivity contribution is 7.13. The molecule has 2 aromatic heterocycles. The Balaban J connectivity index is 1.07. The largest absolute Gasteiger partial charge is 0.339 e. The molecule has 8 heteroatoms. The minimum atomic E-state index is -0.250. The van der Waals surface area contributed by atoms with Gasteiger partial charge in [0.15, 0.2) is 0 Å². The summed E-state index contributed by atoms with van der Waals surface area (Å²) in [5, 5.41) is 5.89. The van der Waals surface area contributed by atoms with Crippen molar-refractivity contribution in [1.29, 1.82) is 0 Å². The molecule has 0 atom stereocenters. The predicted octanol–water partition coefficient (Wildman–Crippen LogP) is 3.48. The average Bonchev–Trinajstić information content (AvgIpc) is 3.34. The third-order valence-corrected chi connectivity index (χ3v) is 7.68. The number of carbonyl (C=O) groups excluding carboxylic acids is 2. The molecular weight excluding hydrogens is 388 g/mol. The van der Waals surface area contributed by atoms with Crippen molar-refractivity contribution in [2.24, 2.45) is 23.2 Å². The summed E-state index contributed by atoms with van der Waals surface area (Å²) < 4.78 is 5.20. The lowest BCUT2D eigenvalue weighted by atomic mass is 9.49. The van der Waals surface area contributed by atoms with Crippen LogP contribution in [0.5, 0.6) is 0 Å². The van der Waals surface area contributed by atoms with Crippen molar-refractivity contribution in [3.8, 4) is 10.7 Å². The predicted molar refractivity (Wildman–Crippen MR) is 107 cm³/mol. The number of aromatic nitrogens is 2. The van der Waals surface area contributed by atoms with Crippen molar-refractivity contribution in [1.82, 2.24) is 21.0 Å². The van der Waals surface area contributed by atoms with E-state index in [0.717, 1.165) is 22.6 Å². The zero-order chi connectivity index (χ0) is 19.8.